The van der Waals surface area contributed by atoms with E-state index in [1.165, 1.54) is 6.42 Å². The summed E-state index contributed by atoms with van der Waals surface area (Å²) in [5, 5.41) is 3.00. The van der Waals surface area contributed by atoms with Gasteiger partial charge in [-0.1, -0.05) is 12.5 Å². The van der Waals surface area contributed by atoms with Crippen molar-refractivity contribution in [2.45, 2.75) is 38.2 Å². The first-order valence-electron chi connectivity index (χ1n) is 7.97. The van der Waals surface area contributed by atoms with Gasteiger partial charge in [0.15, 0.2) is 0 Å². The van der Waals surface area contributed by atoms with Crippen molar-refractivity contribution < 1.29 is 9.53 Å². The van der Waals surface area contributed by atoms with Gasteiger partial charge in [-0.15, -0.1) is 12.4 Å². The van der Waals surface area contributed by atoms with Gasteiger partial charge in [0.05, 0.1) is 0 Å². The van der Waals surface area contributed by atoms with E-state index in [1.54, 1.807) is 0 Å². The summed E-state index contributed by atoms with van der Waals surface area (Å²) in [5.74, 6) is 1.22. The summed E-state index contributed by atoms with van der Waals surface area (Å²) in [6.45, 7) is 2.17. The number of likely N-dealkylation sites (tertiary alicyclic amines) is 1. The van der Waals surface area contributed by atoms with Crippen molar-refractivity contribution in [3.8, 4) is 5.75 Å². The molecule has 22 heavy (non-hydrogen) atoms. The lowest BCUT2D eigenvalue weighted by atomic mass is 9.85. The van der Waals surface area contributed by atoms with E-state index in [0.717, 1.165) is 50.2 Å². The molecule has 4 nitrogen and oxygen atoms in total. The zero-order valence-corrected chi connectivity index (χ0v) is 13.9. The van der Waals surface area contributed by atoms with Gasteiger partial charge < -0.3 is 15.0 Å². The largest absolute Gasteiger partial charge is 0.490 e. The maximum atomic E-state index is 12.0. The second kappa shape index (κ2) is 7.84. The number of hydrogen-bond donors (Lipinski definition) is 1. The smallest absolute Gasteiger partial charge is 0.227 e. The molecule has 1 N–H and O–H groups in total. The van der Waals surface area contributed by atoms with E-state index in [-0.39, 0.29) is 24.2 Å². The number of halogens is 1. The molecule has 1 saturated heterocycles. The molecule has 3 rings (SSSR count). The Labute approximate surface area is 138 Å². The second-order valence-electron chi connectivity index (χ2n) is 6.27. The number of piperidine rings is 1. The van der Waals surface area contributed by atoms with Crippen molar-refractivity contribution in [3.63, 3.8) is 0 Å². The molecule has 1 aliphatic heterocycles. The topological polar surface area (TPSA) is 41.6 Å². The molecule has 2 fully saturated rings. The maximum Gasteiger partial charge on any atom is 0.227 e. The van der Waals surface area contributed by atoms with Gasteiger partial charge in [-0.25, -0.2) is 0 Å². The van der Waals surface area contributed by atoms with Crippen LogP contribution in [0.5, 0.6) is 5.75 Å². The molecule has 1 aliphatic carbocycles. The fourth-order valence-corrected chi connectivity index (χ4v) is 2.86. The van der Waals surface area contributed by atoms with Crippen LogP contribution in [0.4, 0.5) is 5.69 Å². The lowest BCUT2D eigenvalue weighted by molar-refractivity contribution is -0.122. The summed E-state index contributed by atoms with van der Waals surface area (Å²) in [6.07, 6.45) is 5.65. The molecule has 1 amide bonds. The number of anilines is 1. The van der Waals surface area contributed by atoms with Crippen LogP contribution in [0.3, 0.4) is 0 Å². The van der Waals surface area contributed by atoms with E-state index >= 15 is 0 Å². The Morgan fingerprint density at radius 3 is 2.59 bits per heavy atom. The molecule has 1 aromatic rings. The lowest BCUT2D eigenvalue weighted by Gasteiger charge is -2.29. The van der Waals surface area contributed by atoms with E-state index in [1.807, 2.05) is 24.3 Å². The normalized spacial score (nSPS) is 19.9. The predicted molar refractivity (Wildman–Crippen MR) is 90.8 cm³/mol. The molecule has 0 spiro atoms. The highest BCUT2D eigenvalue weighted by molar-refractivity contribution is 5.93. The number of ether oxygens (including phenoxy) is 1. The SMILES string of the molecule is CN1CCC(Oc2cccc(NC(=O)C3CCC3)c2)CC1.Cl. The van der Waals surface area contributed by atoms with Crippen LogP contribution < -0.4 is 10.1 Å². The van der Waals surface area contributed by atoms with Crippen LogP contribution >= 0.6 is 12.4 Å². The molecule has 122 valence electrons. The van der Waals surface area contributed by atoms with E-state index in [4.69, 9.17) is 4.74 Å². The highest BCUT2D eigenvalue weighted by atomic mass is 35.5. The predicted octanol–water partition coefficient (Wildman–Crippen LogP) is 3.32. The Bertz CT molecular complexity index is 497. The van der Waals surface area contributed by atoms with Crippen molar-refractivity contribution >= 4 is 24.0 Å². The highest BCUT2D eigenvalue weighted by Gasteiger charge is 2.25. The third kappa shape index (κ3) is 4.37. The van der Waals surface area contributed by atoms with E-state index in [9.17, 15) is 4.79 Å². The third-order valence-electron chi connectivity index (χ3n) is 4.55. The van der Waals surface area contributed by atoms with Crippen molar-refractivity contribution in [2.75, 3.05) is 25.5 Å². The third-order valence-corrected chi connectivity index (χ3v) is 4.55. The van der Waals surface area contributed by atoms with Gasteiger partial charge in [-0.05, 0) is 44.9 Å². The first-order chi connectivity index (χ1) is 10.2. The molecule has 1 aromatic carbocycles. The Morgan fingerprint density at radius 2 is 1.95 bits per heavy atom. The van der Waals surface area contributed by atoms with E-state index in [0.29, 0.717) is 6.10 Å². The number of carbonyl (C=O) groups is 1. The maximum absolute atomic E-state index is 12.0. The van der Waals surface area contributed by atoms with Gasteiger partial charge in [-0.3, -0.25) is 4.79 Å². The van der Waals surface area contributed by atoms with Crippen LogP contribution in [-0.2, 0) is 4.79 Å². The molecule has 1 saturated carbocycles. The number of benzene rings is 1. The van der Waals surface area contributed by atoms with Crippen molar-refractivity contribution in [2.24, 2.45) is 5.92 Å². The molecule has 0 radical (unpaired) electrons. The Balaban J connectivity index is 0.00000176. The van der Waals surface area contributed by atoms with Crippen LogP contribution in [-0.4, -0.2) is 37.0 Å². The number of carbonyl (C=O) groups excluding carboxylic acids is 1. The van der Waals surface area contributed by atoms with Crippen LogP contribution in [0.1, 0.15) is 32.1 Å². The van der Waals surface area contributed by atoms with Crippen LogP contribution in [0.25, 0.3) is 0 Å². The molecule has 0 aromatic heterocycles. The zero-order chi connectivity index (χ0) is 14.7. The zero-order valence-electron chi connectivity index (χ0n) is 13.1. The molecular formula is C17H25ClN2O2. The monoisotopic (exact) mass is 324 g/mol. The van der Waals surface area contributed by atoms with E-state index in [2.05, 4.69) is 17.3 Å². The number of nitrogens with one attached hydrogen (secondary N) is 1. The van der Waals surface area contributed by atoms with Gasteiger partial charge in [0.1, 0.15) is 11.9 Å². The van der Waals surface area contributed by atoms with Crippen LogP contribution in [0.15, 0.2) is 24.3 Å². The Hall–Kier alpha value is -1.26. The summed E-state index contributed by atoms with van der Waals surface area (Å²) in [4.78, 5) is 14.3. The highest BCUT2D eigenvalue weighted by Crippen LogP contribution is 2.28. The van der Waals surface area contributed by atoms with Gasteiger partial charge in [0.25, 0.3) is 0 Å². The van der Waals surface area contributed by atoms with Crippen LogP contribution in [0, 0.1) is 5.92 Å². The fourth-order valence-electron chi connectivity index (χ4n) is 2.86. The summed E-state index contributed by atoms with van der Waals surface area (Å²) in [5.41, 5.74) is 0.845. The van der Waals surface area contributed by atoms with Gasteiger partial charge in [0, 0.05) is 30.8 Å². The number of rotatable bonds is 4. The standard InChI is InChI=1S/C17H24N2O2.ClH/c1-19-10-8-15(9-11-19)21-16-7-3-6-14(12-16)18-17(20)13-4-2-5-13;/h3,6-7,12-13,15H,2,4-5,8-11H2,1H3,(H,18,20);1H. The average molecular weight is 325 g/mol. The average Bonchev–Trinajstić information content (AvgIpc) is 2.40. The van der Waals surface area contributed by atoms with Gasteiger partial charge in [0.2, 0.25) is 5.91 Å². The van der Waals surface area contributed by atoms with Crippen molar-refractivity contribution in [1.82, 2.24) is 4.90 Å². The molecule has 0 bridgehead atoms. The minimum atomic E-state index is 0. The molecule has 0 atom stereocenters. The number of amides is 1. The first kappa shape index (κ1) is 17.1. The minimum Gasteiger partial charge on any atom is -0.490 e. The fraction of sp³-hybridized carbons (Fsp3) is 0.588. The Kier molecular flexibility index (Phi) is 6.09. The second-order valence-corrected chi connectivity index (χ2v) is 6.27. The summed E-state index contributed by atoms with van der Waals surface area (Å²) < 4.78 is 6.05. The molecule has 2 aliphatic rings. The minimum absolute atomic E-state index is 0. The van der Waals surface area contributed by atoms with Crippen molar-refractivity contribution in [3.05, 3.63) is 24.3 Å². The number of hydrogen-bond acceptors (Lipinski definition) is 3. The molecule has 0 unspecified atom stereocenters. The molecule has 5 heteroatoms. The van der Waals surface area contributed by atoms with E-state index < -0.39 is 0 Å². The summed E-state index contributed by atoms with van der Waals surface area (Å²) >= 11 is 0. The molecular weight excluding hydrogens is 300 g/mol. The first-order valence-corrected chi connectivity index (χ1v) is 7.97. The van der Waals surface area contributed by atoms with Gasteiger partial charge in [-0.2, -0.15) is 0 Å². The quantitative estimate of drug-likeness (QED) is 0.923. The molecule has 1 heterocycles. The van der Waals surface area contributed by atoms with Gasteiger partial charge >= 0.3 is 0 Å². The summed E-state index contributed by atoms with van der Waals surface area (Å²) in [7, 11) is 2.15. The Morgan fingerprint density at radius 1 is 1.23 bits per heavy atom. The number of nitrogens with zero attached hydrogens (tertiary/aromatic N) is 1. The lowest BCUT2D eigenvalue weighted by Crippen LogP contribution is -2.35. The van der Waals surface area contributed by atoms with Crippen LogP contribution in [0.2, 0.25) is 0 Å². The van der Waals surface area contributed by atoms with Crippen molar-refractivity contribution in [1.29, 1.82) is 0 Å². The summed E-state index contributed by atoms with van der Waals surface area (Å²) in [6, 6.07) is 7.78.